The molecule has 0 atom stereocenters. The van der Waals surface area contributed by atoms with E-state index in [0.29, 0.717) is 24.4 Å². The summed E-state index contributed by atoms with van der Waals surface area (Å²) >= 11 is 0. The zero-order valence-electron chi connectivity index (χ0n) is 16.2. The number of aromatic amines is 1. The van der Waals surface area contributed by atoms with Gasteiger partial charge in [-0.1, -0.05) is 12.1 Å². The lowest BCUT2D eigenvalue weighted by Crippen LogP contribution is -2.28. The highest BCUT2D eigenvalue weighted by Crippen LogP contribution is 2.29. The van der Waals surface area contributed by atoms with Crippen LogP contribution in [0.5, 0.6) is 0 Å². The van der Waals surface area contributed by atoms with Crippen molar-refractivity contribution in [1.82, 2.24) is 35.3 Å². The second-order valence-electron chi connectivity index (χ2n) is 6.97. The second-order valence-corrected chi connectivity index (χ2v) is 6.97. The van der Waals surface area contributed by atoms with Crippen LogP contribution in [0.2, 0.25) is 0 Å². The number of fused-ring (bicyclic) bond motifs is 3. The first-order valence-corrected chi connectivity index (χ1v) is 9.54. The number of nitrogens with one attached hydrogen (secondary N) is 2. The molecule has 31 heavy (non-hydrogen) atoms. The molecule has 0 spiro atoms. The lowest BCUT2D eigenvalue weighted by atomic mass is 10.1. The molecule has 5 aromatic rings. The van der Waals surface area contributed by atoms with E-state index in [4.69, 9.17) is 5.73 Å². The van der Waals surface area contributed by atoms with E-state index in [9.17, 15) is 9.18 Å². The van der Waals surface area contributed by atoms with Crippen molar-refractivity contribution in [3.05, 3.63) is 66.5 Å². The van der Waals surface area contributed by atoms with Crippen LogP contribution < -0.4 is 11.1 Å². The number of carbonyl (C=O) groups excluding carboxylic acids is 1. The highest BCUT2D eigenvalue weighted by molar-refractivity contribution is 6.08. The Kier molecular flexibility index (Phi) is 4.51. The van der Waals surface area contributed by atoms with Crippen LogP contribution >= 0.6 is 0 Å². The maximum atomic E-state index is 13.2. The largest absolute Gasteiger partial charge is 0.382 e. The van der Waals surface area contributed by atoms with Gasteiger partial charge in [-0.2, -0.15) is 10.2 Å². The SMILES string of the molecule is Nc1nc2cc(-c3ccn[nH]3)ccc2c2cn(CCNC(=O)c3cc(F)ccn3)nc12. The fourth-order valence-electron chi connectivity index (χ4n) is 3.44. The summed E-state index contributed by atoms with van der Waals surface area (Å²) in [6, 6.07) is 10.1. The number of halogens is 1. The molecule has 0 aliphatic heterocycles. The van der Waals surface area contributed by atoms with Gasteiger partial charge in [0.15, 0.2) is 5.82 Å². The molecule has 5 rings (SSSR count). The molecule has 4 heterocycles. The third-order valence-corrected chi connectivity index (χ3v) is 4.93. The molecule has 10 heteroatoms. The monoisotopic (exact) mass is 416 g/mol. The van der Waals surface area contributed by atoms with Crippen molar-refractivity contribution in [1.29, 1.82) is 0 Å². The first kappa shape index (κ1) is 18.7. The van der Waals surface area contributed by atoms with Gasteiger partial charge in [0, 0.05) is 47.5 Å². The Labute approximate surface area is 175 Å². The average molecular weight is 416 g/mol. The van der Waals surface area contributed by atoms with E-state index in [2.05, 4.69) is 30.6 Å². The number of rotatable bonds is 5. The summed E-state index contributed by atoms with van der Waals surface area (Å²) in [7, 11) is 0. The number of nitrogens with two attached hydrogens (primary N) is 1. The molecule has 0 saturated heterocycles. The predicted molar refractivity (Wildman–Crippen MR) is 114 cm³/mol. The van der Waals surface area contributed by atoms with E-state index >= 15 is 0 Å². The maximum absolute atomic E-state index is 13.2. The van der Waals surface area contributed by atoms with Crippen LogP contribution in [0.15, 0.2) is 55.0 Å². The van der Waals surface area contributed by atoms with Crippen molar-refractivity contribution in [3.63, 3.8) is 0 Å². The topological polar surface area (TPSA) is 127 Å². The maximum Gasteiger partial charge on any atom is 0.270 e. The van der Waals surface area contributed by atoms with Gasteiger partial charge < -0.3 is 11.1 Å². The Hall–Kier alpha value is -4.34. The number of amides is 1. The van der Waals surface area contributed by atoms with Crippen LogP contribution in [0.4, 0.5) is 10.2 Å². The van der Waals surface area contributed by atoms with Gasteiger partial charge in [0.2, 0.25) is 0 Å². The van der Waals surface area contributed by atoms with E-state index in [1.807, 2.05) is 30.5 Å². The van der Waals surface area contributed by atoms with Crippen LogP contribution in [-0.4, -0.2) is 42.4 Å². The molecule has 0 radical (unpaired) electrons. The summed E-state index contributed by atoms with van der Waals surface area (Å²) in [5.41, 5.74) is 9.37. The average Bonchev–Trinajstić information content (AvgIpc) is 3.44. The molecule has 0 bridgehead atoms. The number of anilines is 1. The second kappa shape index (κ2) is 7.48. The summed E-state index contributed by atoms with van der Waals surface area (Å²) in [5, 5.41) is 15.9. The first-order chi connectivity index (χ1) is 15.1. The molecule has 9 nitrogen and oxygen atoms in total. The van der Waals surface area contributed by atoms with E-state index < -0.39 is 11.7 Å². The fourth-order valence-corrected chi connectivity index (χ4v) is 3.44. The van der Waals surface area contributed by atoms with Crippen molar-refractivity contribution in [2.24, 2.45) is 0 Å². The lowest BCUT2D eigenvalue weighted by molar-refractivity contribution is 0.0946. The molecular weight excluding hydrogens is 399 g/mol. The van der Waals surface area contributed by atoms with Crippen LogP contribution in [0, 0.1) is 5.82 Å². The standard InChI is InChI=1S/C21H17FN8O/c22-13-3-5-24-18(10-13)21(31)25-7-8-30-11-15-14-2-1-12(16-4-6-26-28-16)9-17(14)27-20(23)19(15)29-30/h1-6,9-11H,7-8H2,(H2,23,27)(H,25,31)(H,26,28). The highest BCUT2D eigenvalue weighted by atomic mass is 19.1. The Bertz CT molecular complexity index is 1410. The van der Waals surface area contributed by atoms with Crippen molar-refractivity contribution < 1.29 is 9.18 Å². The molecule has 0 saturated carbocycles. The van der Waals surface area contributed by atoms with Gasteiger partial charge in [-0.15, -0.1) is 0 Å². The Morgan fingerprint density at radius 2 is 2.06 bits per heavy atom. The van der Waals surface area contributed by atoms with Gasteiger partial charge in [0.05, 0.1) is 17.8 Å². The van der Waals surface area contributed by atoms with Gasteiger partial charge in [-0.05, 0) is 18.2 Å². The van der Waals surface area contributed by atoms with E-state index in [1.165, 1.54) is 12.3 Å². The van der Waals surface area contributed by atoms with Crippen molar-refractivity contribution in [2.45, 2.75) is 6.54 Å². The number of H-pyrrole nitrogens is 1. The van der Waals surface area contributed by atoms with Gasteiger partial charge in [-0.25, -0.2) is 9.37 Å². The minimum atomic E-state index is -0.510. The van der Waals surface area contributed by atoms with Crippen molar-refractivity contribution in [2.75, 3.05) is 12.3 Å². The number of hydrogen-bond donors (Lipinski definition) is 3. The zero-order chi connectivity index (χ0) is 21.4. The Morgan fingerprint density at radius 1 is 1.16 bits per heavy atom. The summed E-state index contributed by atoms with van der Waals surface area (Å²) in [5.74, 6) is -0.630. The number of carbonyl (C=O) groups is 1. The molecule has 0 fully saturated rings. The number of pyridine rings is 2. The van der Waals surface area contributed by atoms with E-state index in [1.54, 1.807) is 10.9 Å². The van der Waals surface area contributed by atoms with Crippen LogP contribution in [0.3, 0.4) is 0 Å². The Morgan fingerprint density at radius 3 is 2.87 bits per heavy atom. The number of hydrogen-bond acceptors (Lipinski definition) is 6. The molecule has 154 valence electrons. The van der Waals surface area contributed by atoms with Gasteiger partial charge in [0.25, 0.3) is 5.91 Å². The summed E-state index contributed by atoms with van der Waals surface area (Å²) in [6.07, 6.45) is 4.82. The predicted octanol–water partition coefficient (Wildman–Crippen LogP) is 2.52. The summed E-state index contributed by atoms with van der Waals surface area (Å²) in [6.45, 7) is 0.698. The quantitative estimate of drug-likeness (QED) is 0.404. The normalized spacial score (nSPS) is 11.3. The minimum Gasteiger partial charge on any atom is -0.382 e. The molecule has 1 aromatic carbocycles. The molecule has 0 aliphatic rings. The molecule has 4 aromatic heterocycles. The molecular formula is C21H17FN8O. The van der Waals surface area contributed by atoms with Gasteiger partial charge >= 0.3 is 0 Å². The summed E-state index contributed by atoms with van der Waals surface area (Å²) < 4.78 is 14.9. The Balaban J connectivity index is 1.38. The van der Waals surface area contributed by atoms with E-state index in [0.717, 1.165) is 33.6 Å². The molecule has 1 amide bonds. The van der Waals surface area contributed by atoms with Crippen LogP contribution in [0.25, 0.3) is 33.1 Å². The third-order valence-electron chi connectivity index (χ3n) is 4.93. The van der Waals surface area contributed by atoms with Crippen molar-refractivity contribution >= 4 is 33.5 Å². The lowest BCUT2D eigenvalue weighted by Gasteiger charge is -2.04. The molecule has 0 aliphatic carbocycles. The highest BCUT2D eigenvalue weighted by Gasteiger charge is 2.13. The van der Waals surface area contributed by atoms with Crippen molar-refractivity contribution in [3.8, 4) is 11.3 Å². The number of nitrogen functional groups attached to an aromatic ring is 1. The smallest absolute Gasteiger partial charge is 0.270 e. The number of aromatic nitrogens is 6. The summed E-state index contributed by atoms with van der Waals surface area (Å²) in [4.78, 5) is 20.5. The zero-order valence-corrected chi connectivity index (χ0v) is 16.2. The van der Waals surface area contributed by atoms with Gasteiger partial charge in [-0.3, -0.25) is 19.6 Å². The molecule has 4 N–H and O–H groups in total. The minimum absolute atomic E-state index is 0.0261. The van der Waals surface area contributed by atoms with Gasteiger partial charge in [0.1, 0.15) is 17.0 Å². The third kappa shape index (κ3) is 3.54. The van der Waals surface area contributed by atoms with Crippen LogP contribution in [-0.2, 0) is 6.54 Å². The number of nitrogens with zero attached hydrogens (tertiary/aromatic N) is 5. The van der Waals surface area contributed by atoms with E-state index in [-0.39, 0.29) is 5.69 Å². The first-order valence-electron chi connectivity index (χ1n) is 9.54. The van der Waals surface area contributed by atoms with Crippen LogP contribution in [0.1, 0.15) is 10.5 Å². The number of benzene rings is 1. The molecule has 0 unspecified atom stereocenters. The fraction of sp³-hybridized carbons (Fsp3) is 0.0952.